The van der Waals surface area contributed by atoms with E-state index < -0.39 is 40.7 Å². The number of carbonyl (C=O) groups excluding carboxylic acids is 3. The van der Waals surface area contributed by atoms with Gasteiger partial charge in [0.25, 0.3) is 0 Å². The molecule has 0 bridgehead atoms. The number of ether oxygens (including phenoxy) is 1. The van der Waals surface area contributed by atoms with Crippen LogP contribution in [0, 0.1) is 17.8 Å². The van der Waals surface area contributed by atoms with Crippen LogP contribution >= 0.6 is 0 Å². The normalized spacial score (nSPS) is 34.0. The molecule has 7 atom stereocenters. The van der Waals surface area contributed by atoms with Gasteiger partial charge >= 0.3 is 0 Å². The molecule has 5 rings (SSSR count). The highest BCUT2D eigenvalue weighted by atomic mass is 16.5. The predicted octanol–water partition coefficient (Wildman–Crippen LogP) is 3.16. The minimum absolute atomic E-state index is 0.0603. The van der Waals surface area contributed by atoms with E-state index in [1.165, 1.54) is 0 Å². The SMILES string of the molecule is CC[C@H](C)[C@H](CO)N1C(=O)[C@@H]2[C@H]3C(=O)N(c4ccccc4)CC=C[C@@]3(C)O[C@@]23C=CCN(C(C)(C)C)C(=O)C13. The van der Waals surface area contributed by atoms with Crippen LogP contribution in [0.5, 0.6) is 0 Å². The molecule has 8 nitrogen and oxygen atoms in total. The van der Waals surface area contributed by atoms with Gasteiger partial charge in [0, 0.05) is 24.3 Å². The second kappa shape index (κ2) is 9.59. The molecule has 1 aromatic rings. The molecule has 4 heterocycles. The van der Waals surface area contributed by atoms with Crippen LogP contribution in [0.1, 0.15) is 48.0 Å². The quantitative estimate of drug-likeness (QED) is 0.585. The van der Waals surface area contributed by atoms with Crippen molar-refractivity contribution < 1.29 is 24.2 Å². The van der Waals surface area contributed by atoms with Crippen LogP contribution < -0.4 is 4.90 Å². The molecule has 1 N–H and O–H groups in total. The van der Waals surface area contributed by atoms with Crippen LogP contribution in [0.3, 0.4) is 0 Å². The van der Waals surface area contributed by atoms with Crippen LogP contribution in [0.15, 0.2) is 54.6 Å². The first-order valence-corrected chi connectivity index (χ1v) is 14.1. The van der Waals surface area contributed by atoms with Gasteiger partial charge in [0.05, 0.1) is 30.1 Å². The molecular formula is C31H41N3O5. The van der Waals surface area contributed by atoms with Crippen LogP contribution in [0.4, 0.5) is 5.69 Å². The highest BCUT2D eigenvalue weighted by molar-refractivity contribution is 6.04. The van der Waals surface area contributed by atoms with Gasteiger partial charge in [-0.05, 0) is 45.7 Å². The number of benzene rings is 1. The lowest BCUT2D eigenvalue weighted by atomic mass is 9.74. The smallest absolute Gasteiger partial charge is 0.249 e. The molecule has 0 aromatic heterocycles. The van der Waals surface area contributed by atoms with E-state index in [2.05, 4.69) is 0 Å². The van der Waals surface area contributed by atoms with Crippen molar-refractivity contribution in [3.63, 3.8) is 0 Å². The molecule has 3 amide bonds. The summed E-state index contributed by atoms with van der Waals surface area (Å²) >= 11 is 0. The molecule has 2 fully saturated rings. The van der Waals surface area contributed by atoms with Crippen LogP contribution in [0.2, 0.25) is 0 Å². The topological polar surface area (TPSA) is 90.4 Å². The summed E-state index contributed by atoms with van der Waals surface area (Å²) in [5.41, 5.74) is -2.18. The van der Waals surface area contributed by atoms with Gasteiger partial charge in [-0.15, -0.1) is 0 Å². The molecule has 0 aliphatic carbocycles. The summed E-state index contributed by atoms with van der Waals surface area (Å²) in [7, 11) is 0. The summed E-state index contributed by atoms with van der Waals surface area (Å²) in [6.07, 6.45) is 8.30. The Morgan fingerprint density at radius 1 is 1.00 bits per heavy atom. The average molecular weight is 536 g/mol. The minimum Gasteiger partial charge on any atom is -0.394 e. The van der Waals surface area contributed by atoms with Crippen molar-refractivity contribution in [1.29, 1.82) is 0 Å². The minimum atomic E-state index is -1.34. The zero-order valence-corrected chi connectivity index (χ0v) is 23.8. The van der Waals surface area contributed by atoms with Crippen molar-refractivity contribution in [2.45, 2.75) is 76.8 Å². The number of likely N-dealkylation sites (tertiary alicyclic amines) is 1. The molecule has 2 saturated heterocycles. The lowest BCUT2D eigenvalue weighted by Gasteiger charge is -2.44. The third-order valence-corrected chi connectivity index (χ3v) is 9.22. The number of carbonyl (C=O) groups is 3. The van der Waals surface area contributed by atoms with Gasteiger partial charge in [-0.3, -0.25) is 14.4 Å². The molecule has 39 heavy (non-hydrogen) atoms. The largest absolute Gasteiger partial charge is 0.394 e. The number of aliphatic hydroxyl groups is 1. The number of hydrogen-bond acceptors (Lipinski definition) is 5. The van der Waals surface area contributed by atoms with E-state index >= 15 is 0 Å². The van der Waals surface area contributed by atoms with Crippen molar-refractivity contribution in [2.75, 3.05) is 24.6 Å². The van der Waals surface area contributed by atoms with Gasteiger partial charge < -0.3 is 24.5 Å². The summed E-state index contributed by atoms with van der Waals surface area (Å²) in [6.45, 7) is 12.2. The van der Waals surface area contributed by atoms with Crippen LogP contribution in [0.25, 0.3) is 0 Å². The third kappa shape index (κ3) is 4.06. The molecule has 210 valence electrons. The van der Waals surface area contributed by atoms with E-state index in [0.29, 0.717) is 13.1 Å². The third-order valence-electron chi connectivity index (χ3n) is 9.22. The average Bonchev–Trinajstić information content (AvgIpc) is 3.15. The molecule has 1 unspecified atom stereocenters. The zero-order valence-electron chi connectivity index (χ0n) is 23.8. The lowest BCUT2D eigenvalue weighted by Crippen LogP contribution is -2.62. The van der Waals surface area contributed by atoms with Crippen molar-refractivity contribution in [3.05, 3.63) is 54.6 Å². The summed E-state index contributed by atoms with van der Waals surface area (Å²) in [5, 5.41) is 10.5. The Morgan fingerprint density at radius 2 is 1.67 bits per heavy atom. The van der Waals surface area contributed by atoms with Gasteiger partial charge in [0.15, 0.2) is 0 Å². The van der Waals surface area contributed by atoms with Crippen LogP contribution in [-0.2, 0) is 19.1 Å². The summed E-state index contributed by atoms with van der Waals surface area (Å²) in [5.74, 6) is -2.54. The number of rotatable bonds is 5. The standard InChI is InChI=1S/C31H41N3O5/c1-7-20(2)22(19-35)34-25-28(38)33(29(3,4)5)18-12-16-31(25)24(27(34)37)23-26(36)32(21-13-9-8-10-14-21)17-11-15-30(23,6)39-31/h8-16,20,22-25,35H,7,17-19H2,1-6H3/t20-,22-,23-,24-,25?,30+,31-/m0/s1. The Morgan fingerprint density at radius 3 is 2.28 bits per heavy atom. The van der Waals surface area contributed by atoms with Crippen molar-refractivity contribution in [3.8, 4) is 0 Å². The summed E-state index contributed by atoms with van der Waals surface area (Å²) < 4.78 is 6.91. The van der Waals surface area contributed by atoms with Crippen molar-refractivity contribution in [2.24, 2.45) is 17.8 Å². The van der Waals surface area contributed by atoms with E-state index in [4.69, 9.17) is 4.74 Å². The molecule has 0 radical (unpaired) electrons. The highest BCUT2D eigenvalue weighted by Crippen LogP contribution is 2.58. The number of anilines is 1. The summed E-state index contributed by atoms with van der Waals surface area (Å²) in [4.78, 5) is 48.5. The Labute approximate surface area is 231 Å². The number of amides is 3. The first-order valence-electron chi connectivity index (χ1n) is 14.1. The Balaban J connectivity index is 1.69. The number of hydrogen-bond donors (Lipinski definition) is 1. The van der Waals surface area contributed by atoms with E-state index in [1.807, 2.05) is 96.2 Å². The second-order valence-corrected chi connectivity index (χ2v) is 12.6. The van der Waals surface area contributed by atoms with Gasteiger partial charge in [0.2, 0.25) is 17.7 Å². The molecule has 0 saturated carbocycles. The predicted molar refractivity (Wildman–Crippen MR) is 149 cm³/mol. The first kappa shape index (κ1) is 27.6. The van der Waals surface area contributed by atoms with Gasteiger partial charge in [-0.25, -0.2) is 0 Å². The van der Waals surface area contributed by atoms with Gasteiger partial charge in [-0.1, -0.05) is 62.8 Å². The fourth-order valence-electron chi connectivity index (χ4n) is 7.08. The van der Waals surface area contributed by atoms with E-state index in [0.717, 1.165) is 12.1 Å². The van der Waals surface area contributed by atoms with Crippen molar-refractivity contribution >= 4 is 23.4 Å². The van der Waals surface area contributed by atoms with Crippen LogP contribution in [-0.4, -0.2) is 81.1 Å². The molecule has 8 heteroatoms. The fourth-order valence-corrected chi connectivity index (χ4v) is 7.08. The maximum absolute atomic E-state index is 14.6. The fraction of sp³-hybridized carbons (Fsp3) is 0.581. The maximum atomic E-state index is 14.6. The molecule has 1 spiro atoms. The Kier molecular flexibility index (Phi) is 6.79. The Hall–Kier alpha value is -2.97. The monoisotopic (exact) mass is 535 g/mol. The molecule has 4 aliphatic heterocycles. The number of fused-ring (bicyclic) bond motifs is 2. The zero-order chi connectivity index (χ0) is 28.3. The first-order chi connectivity index (χ1) is 18.4. The molecular weight excluding hydrogens is 494 g/mol. The second-order valence-electron chi connectivity index (χ2n) is 12.6. The van der Waals surface area contributed by atoms with E-state index in [9.17, 15) is 19.5 Å². The number of para-hydroxylation sites is 1. The lowest BCUT2D eigenvalue weighted by molar-refractivity contribution is -0.158. The summed E-state index contributed by atoms with van der Waals surface area (Å²) in [6, 6.07) is 7.85. The van der Waals surface area contributed by atoms with Gasteiger partial charge in [-0.2, -0.15) is 0 Å². The van der Waals surface area contributed by atoms with Gasteiger partial charge in [0.1, 0.15) is 11.6 Å². The van der Waals surface area contributed by atoms with E-state index in [1.54, 1.807) is 14.7 Å². The molecule has 4 aliphatic rings. The number of aliphatic hydroxyl groups excluding tert-OH is 1. The molecule has 1 aromatic carbocycles. The number of nitrogens with zero attached hydrogens (tertiary/aromatic N) is 3. The van der Waals surface area contributed by atoms with E-state index in [-0.39, 0.29) is 30.2 Å². The maximum Gasteiger partial charge on any atom is 0.249 e. The van der Waals surface area contributed by atoms with Crippen molar-refractivity contribution in [1.82, 2.24) is 9.80 Å². The highest BCUT2D eigenvalue weighted by Gasteiger charge is 2.75. The Bertz CT molecular complexity index is 1210.